The summed E-state index contributed by atoms with van der Waals surface area (Å²) in [6, 6.07) is 10.4. The molecule has 1 amide bonds. The number of benzene rings is 1. The van der Waals surface area contributed by atoms with Gasteiger partial charge in [0.2, 0.25) is 5.76 Å². The third kappa shape index (κ3) is 2.92. The second-order valence-corrected chi connectivity index (χ2v) is 7.98. The number of ether oxygens (including phenoxy) is 1. The number of nitrogens with zero attached hydrogens (tertiary/aromatic N) is 3. The number of amides is 1. The van der Waals surface area contributed by atoms with Crippen LogP contribution in [0.25, 0.3) is 0 Å². The van der Waals surface area contributed by atoms with Gasteiger partial charge in [-0.25, -0.2) is 0 Å². The Morgan fingerprint density at radius 2 is 2.07 bits per heavy atom. The fourth-order valence-electron chi connectivity index (χ4n) is 4.98. The van der Waals surface area contributed by atoms with E-state index in [0.717, 1.165) is 52.0 Å². The second kappa shape index (κ2) is 6.68. The maximum atomic E-state index is 12.6. The lowest BCUT2D eigenvalue weighted by molar-refractivity contribution is 0.0631. The average molecular weight is 367 g/mol. The van der Waals surface area contributed by atoms with Crippen LogP contribution in [0.1, 0.15) is 41.8 Å². The number of carbonyl (C=O) groups is 1. The van der Waals surface area contributed by atoms with Crippen molar-refractivity contribution in [3.8, 4) is 0 Å². The van der Waals surface area contributed by atoms with Gasteiger partial charge in [-0.1, -0.05) is 23.4 Å². The highest BCUT2D eigenvalue weighted by Gasteiger charge is 2.45. The predicted octanol–water partition coefficient (Wildman–Crippen LogP) is 2.85. The molecule has 0 radical (unpaired) electrons. The molecule has 1 unspecified atom stereocenters. The van der Waals surface area contributed by atoms with Crippen molar-refractivity contribution in [3.63, 3.8) is 0 Å². The lowest BCUT2D eigenvalue weighted by atomic mass is 9.74. The minimum Gasteiger partial charge on any atom is -0.376 e. The van der Waals surface area contributed by atoms with Crippen molar-refractivity contribution in [2.75, 3.05) is 37.7 Å². The summed E-state index contributed by atoms with van der Waals surface area (Å²) in [6.45, 7) is 4.39. The van der Waals surface area contributed by atoms with Gasteiger partial charge >= 0.3 is 0 Å². The lowest BCUT2D eigenvalue weighted by Gasteiger charge is -2.39. The minimum atomic E-state index is -0.0511. The second-order valence-electron chi connectivity index (χ2n) is 7.98. The standard InChI is InChI=1S/C21H25N3O3/c25-20(19-7-10-22-27-19)23-11-8-21(9-12-23)15-24(14-16-4-3-13-26-16)18-6-2-1-5-17(18)21/h1-2,5-7,10,16H,3-4,8-9,11-15H2. The molecule has 1 aromatic heterocycles. The quantitative estimate of drug-likeness (QED) is 0.835. The number of aromatic nitrogens is 1. The molecular weight excluding hydrogens is 342 g/mol. The van der Waals surface area contributed by atoms with Crippen LogP contribution in [0, 0.1) is 0 Å². The molecule has 2 saturated heterocycles. The van der Waals surface area contributed by atoms with Crippen LogP contribution < -0.4 is 4.90 Å². The van der Waals surface area contributed by atoms with Crippen molar-refractivity contribution in [1.82, 2.24) is 10.1 Å². The number of hydrogen-bond acceptors (Lipinski definition) is 5. The number of hydrogen-bond donors (Lipinski definition) is 0. The molecule has 3 aliphatic heterocycles. The fourth-order valence-corrected chi connectivity index (χ4v) is 4.98. The van der Waals surface area contributed by atoms with Gasteiger partial charge in [0.15, 0.2) is 0 Å². The molecule has 142 valence electrons. The van der Waals surface area contributed by atoms with E-state index in [1.54, 1.807) is 6.07 Å². The van der Waals surface area contributed by atoms with E-state index in [1.165, 1.54) is 23.9 Å². The normalized spacial score (nSPS) is 23.8. The third-order valence-electron chi connectivity index (χ3n) is 6.41. The SMILES string of the molecule is O=C(c1ccno1)N1CCC2(CC1)CN(CC1CCCO1)c1ccccc12. The average Bonchev–Trinajstić information content (AvgIpc) is 3.45. The molecule has 2 aromatic rings. The van der Waals surface area contributed by atoms with Crippen molar-refractivity contribution in [3.05, 3.63) is 47.9 Å². The number of likely N-dealkylation sites (tertiary alicyclic amines) is 1. The van der Waals surface area contributed by atoms with Gasteiger partial charge in [0.05, 0.1) is 12.3 Å². The fraction of sp³-hybridized carbons (Fsp3) is 0.524. The Morgan fingerprint density at radius 3 is 2.81 bits per heavy atom. The molecule has 4 heterocycles. The summed E-state index contributed by atoms with van der Waals surface area (Å²) in [7, 11) is 0. The molecule has 0 aliphatic carbocycles. The van der Waals surface area contributed by atoms with Crippen LogP contribution in [0.4, 0.5) is 5.69 Å². The molecule has 27 heavy (non-hydrogen) atoms. The van der Waals surface area contributed by atoms with Gasteiger partial charge in [0, 0.05) is 50.0 Å². The van der Waals surface area contributed by atoms with Crippen LogP contribution in [0.3, 0.4) is 0 Å². The molecule has 0 N–H and O–H groups in total. The van der Waals surface area contributed by atoms with E-state index in [1.807, 2.05) is 4.90 Å². The summed E-state index contributed by atoms with van der Waals surface area (Å²) < 4.78 is 10.9. The van der Waals surface area contributed by atoms with Gasteiger partial charge in [0.25, 0.3) is 5.91 Å². The minimum absolute atomic E-state index is 0.0511. The molecule has 1 atom stereocenters. The Bertz CT molecular complexity index is 806. The maximum absolute atomic E-state index is 12.6. The van der Waals surface area contributed by atoms with Crippen molar-refractivity contribution < 1.29 is 14.1 Å². The van der Waals surface area contributed by atoms with Gasteiger partial charge in [0.1, 0.15) is 0 Å². The lowest BCUT2D eigenvalue weighted by Crippen LogP contribution is -2.47. The molecule has 0 saturated carbocycles. The summed E-state index contributed by atoms with van der Waals surface area (Å²) >= 11 is 0. The van der Waals surface area contributed by atoms with Crippen molar-refractivity contribution >= 4 is 11.6 Å². The van der Waals surface area contributed by atoms with Crippen LogP contribution in [-0.2, 0) is 10.2 Å². The number of anilines is 1. The zero-order chi connectivity index (χ0) is 18.3. The summed E-state index contributed by atoms with van der Waals surface area (Å²) in [6.07, 6.45) is 6.16. The summed E-state index contributed by atoms with van der Waals surface area (Å²) in [5, 5.41) is 3.66. The Morgan fingerprint density at radius 1 is 1.22 bits per heavy atom. The van der Waals surface area contributed by atoms with E-state index >= 15 is 0 Å². The number of carbonyl (C=O) groups excluding carboxylic acids is 1. The zero-order valence-electron chi connectivity index (χ0n) is 15.5. The van der Waals surface area contributed by atoms with E-state index in [0.29, 0.717) is 11.9 Å². The number of fused-ring (bicyclic) bond motifs is 2. The number of rotatable bonds is 3. The molecule has 5 rings (SSSR count). The van der Waals surface area contributed by atoms with E-state index in [9.17, 15) is 4.79 Å². The smallest absolute Gasteiger partial charge is 0.292 e. The molecule has 1 aromatic carbocycles. The molecule has 2 fully saturated rings. The topological polar surface area (TPSA) is 58.8 Å². The molecule has 0 bridgehead atoms. The van der Waals surface area contributed by atoms with Crippen LogP contribution >= 0.6 is 0 Å². The molecule has 6 nitrogen and oxygen atoms in total. The van der Waals surface area contributed by atoms with E-state index < -0.39 is 0 Å². The van der Waals surface area contributed by atoms with E-state index in [2.05, 4.69) is 34.3 Å². The van der Waals surface area contributed by atoms with Gasteiger partial charge in [-0.15, -0.1) is 0 Å². The molecule has 3 aliphatic rings. The molecular formula is C21H25N3O3. The highest BCUT2D eigenvalue weighted by Crippen LogP contribution is 2.47. The van der Waals surface area contributed by atoms with E-state index in [4.69, 9.17) is 9.26 Å². The van der Waals surface area contributed by atoms with Gasteiger partial charge in [-0.05, 0) is 37.3 Å². The van der Waals surface area contributed by atoms with Crippen LogP contribution in [0.15, 0.2) is 41.1 Å². The zero-order valence-corrected chi connectivity index (χ0v) is 15.5. The number of piperidine rings is 1. The van der Waals surface area contributed by atoms with Crippen LogP contribution in [0.2, 0.25) is 0 Å². The summed E-state index contributed by atoms with van der Waals surface area (Å²) in [4.78, 5) is 17.0. The van der Waals surface area contributed by atoms with Crippen LogP contribution in [-0.4, -0.2) is 54.9 Å². The Kier molecular flexibility index (Phi) is 4.16. The van der Waals surface area contributed by atoms with Crippen molar-refractivity contribution in [2.45, 2.75) is 37.2 Å². The largest absolute Gasteiger partial charge is 0.376 e. The third-order valence-corrected chi connectivity index (χ3v) is 6.41. The van der Waals surface area contributed by atoms with Crippen molar-refractivity contribution in [1.29, 1.82) is 0 Å². The van der Waals surface area contributed by atoms with E-state index in [-0.39, 0.29) is 11.3 Å². The predicted molar refractivity (Wildman–Crippen MR) is 101 cm³/mol. The molecule has 1 spiro atoms. The first kappa shape index (κ1) is 16.8. The van der Waals surface area contributed by atoms with Crippen LogP contribution in [0.5, 0.6) is 0 Å². The monoisotopic (exact) mass is 367 g/mol. The summed E-state index contributed by atoms with van der Waals surface area (Å²) in [5.74, 6) is 0.280. The van der Waals surface area contributed by atoms with Gasteiger partial charge in [-0.3, -0.25) is 4.79 Å². The maximum Gasteiger partial charge on any atom is 0.292 e. The van der Waals surface area contributed by atoms with Crippen molar-refractivity contribution in [2.24, 2.45) is 0 Å². The Hall–Kier alpha value is -2.34. The van der Waals surface area contributed by atoms with Gasteiger partial charge in [-0.2, -0.15) is 0 Å². The first-order valence-electron chi connectivity index (χ1n) is 9.91. The highest BCUT2D eigenvalue weighted by molar-refractivity contribution is 5.91. The Balaban J connectivity index is 1.33. The first-order chi connectivity index (χ1) is 13.3. The Labute approximate surface area is 159 Å². The number of para-hydroxylation sites is 1. The van der Waals surface area contributed by atoms with Gasteiger partial charge < -0.3 is 19.1 Å². The highest BCUT2D eigenvalue weighted by atomic mass is 16.5. The molecule has 6 heteroatoms. The summed E-state index contributed by atoms with van der Waals surface area (Å²) in [5.41, 5.74) is 2.92. The first-order valence-corrected chi connectivity index (χ1v) is 9.91.